The summed E-state index contributed by atoms with van der Waals surface area (Å²) < 4.78 is 4.80. The molecule has 0 spiro atoms. The number of benzene rings is 2. The van der Waals surface area contributed by atoms with Crippen LogP contribution in [0, 0.1) is 0 Å². The van der Waals surface area contributed by atoms with Crippen LogP contribution in [0.3, 0.4) is 0 Å². The van der Waals surface area contributed by atoms with Gasteiger partial charge in [0, 0.05) is 12.1 Å². The Labute approximate surface area is 207 Å². The molecule has 3 rings (SSSR count). The highest BCUT2D eigenvalue weighted by atomic mass is 35.5. The fourth-order valence-electron chi connectivity index (χ4n) is 3.70. The third kappa shape index (κ3) is 5.08. The Morgan fingerprint density at radius 3 is 2.53 bits per heavy atom. The second kappa shape index (κ2) is 10.7. The summed E-state index contributed by atoms with van der Waals surface area (Å²) in [4.78, 5) is 41.3. The number of hydrogen-bond donors (Lipinski definition) is 1. The van der Waals surface area contributed by atoms with Gasteiger partial charge in [-0.3, -0.25) is 15.0 Å². The van der Waals surface area contributed by atoms with Gasteiger partial charge in [0.15, 0.2) is 0 Å². The molecule has 0 saturated carbocycles. The first-order valence-corrected chi connectivity index (χ1v) is 11.2. The molecule has 178 valence electrons. The van der Waals surface area contributed by atoms with Crippen LogP contribution in [0.2, 0.25) is 5.02 Å². The first kappa shape index (κ1) is 25.3. The van der Waals surface area contributed by atoms with Gasteiger partial charge in [-0.2, -0.15) is 5.10 Å². The van der Waals surface area contributed by atoms with E-state index in [1.165, 1.54) is 21.9 Å². The van der Waals surface area contributed by atoms with E-state index in [1.54, 1.807) is 27.0 Å². The molecule has 8 nitrogen and oxygen atoms in total. The molecule has 0 aromatic heterocycles. The molecule has 34 heavy (non-hydrogen) atoms. The van der Waals surface area contributed by atoms with Crippen molar-refractivity contribution >= 4 is 57.4 Å². The Kier molecular flexibility index (Phi) is 7.96. The highest BCUT2D eigenvalue weighted by molar-refractivity contribution is 6.82. The van der Waals surface area contributed by atoms with Gasteiger partial charge in [0.25, 0.3) is 5.91 Å². The van der Waals surface area contributed by atoms with Crippen LogP contribution in [0.25, 0.3) is 5.57 Å². The maximum Gasteiger partial charge on any atom is 0.370 e. The van der Waals surface area contributed by atoms with Crippen LogP contribution in [0.1, 0.15) is 29.8 Å². The molecule has 0 radical (unpaired) electrons. The molecule has 10 heteroatoms. The highest BCUT2D eigenvalue weighted by Gasteiger charge is 2.46. The molecule has 1 aliphatic rings. The SMILES string of the molecule is C=C(c1ccccc1)[C@@H]1N(C)C(=O)[C@H](C)N1C(=O)c1cc(Cl)ccc1N/N=C(\Cl)C(=O)OCC. The second-order valence-electron chi connectivity index (χ2n) is 7.53. The number of amides is 2. The van der Waals surface area contributed by atoms with Gasteiger partial charge in [-0.05, 0) is 43.2 Å². The van der Waals surface area contributed by atoms with E-state index >= 15 is 0 Å². The van der Waals surface area contributed by atoms with Crippen molar-refractivity contribution < 1.29 is 19.1 Å². The molecule has 1 aliphatic heterocycles. The maximum atomic E-state index is 13.8. The van der Waals surface area contributed by atoms with E-state index in [2.05, 4.69) is 17.1 Å². The van der Waals surface area contributed by atoms with Crippen LogP contribution < -0.4 is 5.43 Å². The monoisotopic (exact) mass is 502 g/mol. The molecule has 0 aliphatic carbocycles. The van der Waals surface area contributed by atoms with E-state index in [-0.39, 0.29) is 23.8 Å². The number of hydrogen-bond acceptors (Lipinski definition) is 6. The molecule has 2 aromatic rings. The lowest BCUT2D eigenvalue weighted by Crippen LogP contribution is -2.44. The standard InChI is InChI=1S/C24H24Cl2N4O4/c1-5-34-24(33)20(26)28-27-19-12-11-17(25)13-18(19)23(32)30-15(3)22(31)29(4)21(30)14(2)16-9-7-6-8-10-16/h6-13,15,21,27H,2,5H2,1,3-4H3/b28-20-/t15-,21+/m0/s1. The Morgan fingerprint density at radius 2 is 1.88 bits per heavy atom. The molecule has 1 N–H and O–H groups in total. The van der Waals surface area contributed by atoms with Crippen molar-refractivity contribution in [3.8, 4) is 0 Å². The summed E-state index contributed by atoms with van der Waals surface area (Å²) in [6, 6.07) is 13.1. The van der Waals surface area contributed by atoms with Crippen molar-refractivity contribution in [2.24, 2.45) is 5.10 Å². The minimum absolute atomic E-state index is 0.135. The quantitative estimate of drug-likeness (QED) is 0.347. The number of nitrogens with zero attached hydrogens (tertiary/aromatic N) is 3. The molecule has 1 saturated heterocycles. The number of nitrogens with one attached hydrogen (secondary N) is 1. The van der Waals surface area contributed by atoms with Crippen molar-refractivity contribution in [1.29, 1.82) is 0 Å². The van der Waals surface area contributed by atoms with E-state index in [1.807, 2.05) is 30.3 Å². The molecule has 2 aromatic carbocycles. The summed E-state index contributed by atoms with van der Waals surface area (Å²) in [5.74, 6) is -1.51. The van der Waals surface area contributed by atoms with Gasteiger partial charge in [0.05, 0.1) is 17.9 Å². The molecular formula is C24H24Cl2N4O4. The lowest BCUT2D eigenvalue weighted by molar-refractivity contribution is -0.134. The molecule has 0 bridgehead atoms. The van der Waals surface area contributed by atoms with Gasteiger partial charge >= 0.3 is 5.97 Å². The van der Waals surface area contributed by atoms with Crippen molar-refractivity contribution in [2.45, 2.75) is 26.1 Å². The molecular weight excluding hydrogens is 479 g/mol. The van der Waals surface area contributed by atoms with Crippen molar-refractivity contribution in [1.82, 2.24) is 9.80 Å². The molecule has 2 atom stereocenters. The largest absolute Gasteiger partial charge is 0.461 e. The third-order valence-electron chi connectivity index (χ3n) is 5.37. The van der Waals surface area contributed by atoms with Crippen molar-refractivity contribution in [3.05, 3.63) is 71.3 Å². The van der Waals surface area contributed by atoms with Gasteiger partial charge in [-0.1, -0.05) is 60.1 Å². The summed E-state index contributed by atoms with van der Waals surface area (Å²) >= 11 is 12.1. The van der Waals surface area contributed by atoms with E-state index in [9.17, 15) is 14.4 Å². The number of carbonyl (C=O) groups is 3. The minimum Gasteiger partial charge on any atom is -0.461 e. The van der Waals surface area contributed by atoms with Crippen LogP contribution in [0.4, 0.5) is 5.69 Å². The third-order valence-corrected chi connectivity index (χ3v) is 5.85. The van der Waals surface area contributed by atoms with Crippen LogP contribution >= 0.6 is 23.2 Å². The Balaban J connectivity index is 1.99. The summed E-state index contributed by atoms with van der Waals surface area (Å²) in [5, 5.41) is 3.68. The number of anilines is 1. The highest BCUT2D eigenvalue weighted by Crippen LogP contribution is 2.33. The van der Waals surface area contributed by atoms with Crippen molar-refractivity contribution in [2.75, 3.05) is 19.1 Å². The number of ether oxygens (including phenoxy) is 1. The van der Waals surface area contributed by atoms with Gasteiger partial charge < -0.3 is 14.5 Å². The Hall–Kier alpha value is -3.36. The average molecular weight is 503 g/mol. The van der Waals surface area contributed by atoms with Crippen LogP contribution in [0.15, 0.2) is 60.2 Å². The maximum absolute atomic E-state index is 13.8. The van der Waals surface area contributed by atoms with E-state index in [0.29, 0.717) is 10.6 Å². The summed E-state index contributed by atoms with van der Waals surface area (Å²) in [5.41, 5.74) is 4.41. The van der Waals surface area contributed by atoms with Gasteiger partial charge in [0.2, 0.25) is 11.1 Å². The molecule has 1 fully saturated rings. The van der Waals surface area contributed by atoms with E-state index in [4.69, 9.17) is 27.9 Å². The van der Waals surface area contributed by atoms with Crippen molar-refractivity contribution in [3.63, 3.8) is 0 Å². The zero-order valence-corrected chi connectivity index (χ0v) is 20.4. The lowest BCUT2D eigenvalue weighted by Gasteiger charge is -2.31. The Morgan fingerprint density at radius 1 is 1.21 bits per heavy atom. The van der Waals surface area contributed by atoms with Crippen LogP contribution in [-0.4, -0.2) is 58.6 Å². The smallest absolute Gasteiger partial charge is 0.370 e. The number of halogens is 2. The summed E-state index contributed by atoms with van der Waals surface area (Å²) in [7, 11) is 1.63. The molecule has 0 unspecified atom stereocenters. The first-order valence-electron chi connectivity index (χ1n) is 10.5. The lowest BCUT2D eigenvalue weighted by atomic mass is 10.0. The predicted octanol–water partition coefficient (Wildman–Crippen LogP) is 4.21. The Bertz CT molecular complexity index is 1150. The molecule has 1 heterocycles. The summed E-state index contributed by atoms with van der Waals surface area (Å²) in [6.45, 7) is 7.60. The van der Waals surface area contributed by atoms with Gasteiger partial charge in [-0.15, -0.1) is 0 Å². The predicted molar refractivity (Wildman–Crippen MR) is 133 cm³/mol. The van der Waals surface area contributed by atoms with Crippen LogP contribution in [-0.2, 0) is 14.3 Å². The number of carbonyl (C=O) groups excluding carboxylic acids is 3. The number of esters is 1. The number of rotatable bonds is 7. The topological polar surface area (TPSA) is 91.3 Å². The zero-order chi connectivity index (χ0) is 25.0. The second-order valence-corrected chi connectivity index (χ2v) is 8.32. The minimum atomic E-state index is -0.807. The zero-order valence-electron chi connectivity index (χ0n) is 18.9. The van der Waals surface area contributed by atoms with Gasteiger partial charge in [0.1, 0.15) is 12.2 Å². The fraction of sp³-hybridized carbons (Fsp3) is 0.250. The van der Waals surface area contributed by atoms with Crippen LogP contribution in [0.5, 0.6) is 0 Å². The number of hydrazone groups is 1. The number of likely N-dealkylation sites (N-methyl/N-ethyl adjacent to an activating group) is 1. The molecule has 2 amide bonds. The fourth-order valence-corrected chi connectivity index (χ4v) is 3.97. The normalized spacial score (nSPS) is 18.1. The van der Waals surface area contributed by atoms with E-state index in [0.717, 1.165) is 5.56 Å². The summed E-state index contributed by atoms with van der Waals surface area (Å²) in [6.07, 6.45) is -0.712. The first-order chi connectivity index (χ1) is 16.2. The van der Waals surface area contributed by atoms with E-state index < -0.39 is 29.3 Å². The van der Waals surface area contributed by atoms with Gasteiger partial charge in [-0.25, -0.2) is 4.79 Å². The average Bonchev–Trinajstić information content (AvgIpc) is 3.06.